The smallest absolute Gasteiger partial charge is 0.243 e. The number of sulfonamides is 1. The van der Waals surface area contributed by atoms with Crippen LogP contribution in [0.4, 0.5) is 0 Å². The van der Waals surface area contributed by atoms with Crippen molar-refractivity contribution in [3.63, 3.8) is 0 Å². The van der Waals surface area contributed by atoms with Gasteiger partial charge in [0.15, 0.2) is 11.5 Å². The van der Waals surface area contributed by atoms with E-state index in [-0.39, 0.29) is 28.8 Å². The maximum Gasteiger partial charge on any atom is 0.243 e. The van der Waals surface area contributed by atoms with Gasteiger partial charge in [-0.1, -0.05) is 6.07 Å². The summed E-state index contributed by atoms with van der Waals surface area (Å²) < 4.78 is 39.4. The Morgan fingerprint density at radius 2 is 1.79 bits per heavy atom. The Hall–Kier alpha value is -2.65. The monoisotopic (exact) mass is 485 g/mol. The molecule has 1 saturated carbocycles. The molecule has 34 heavy (non-hydrogen) atoms. The third-order valence-electron chi connectivity index (χ3n) is 6.89. The topological polar surface area (TPSA) is 89.0 Å². The molecule has 3 aliphatic rings. The zero-order valence-electron chi connectivity index (χ0n) is 19.4. The van der Waals surface area contributed by atoms with Gasteiger partial charge >= 0.3 is 0 Å². The summed E-state index contributed by atoms with van der Waals surface area (Å²) in [6.07, 6.45) is 5.57. The number of nitrogens with zero attached hydrogens (tertiary/aromatic N) is 3. The third-order valence-corrected chi connectivity index (χ3v) is 8.78. The maximum atomic E-state index is 13.5. The van der Waals surface area contributed by atoms with Gasteiger partial charge in [0.05, 0.1) is 29.8 Å². The van der Waals surface area contributed by atoms with E-state index in [0.29, 0.717) is 50.6 Å². The number of hydrogen-bond donors (Lipinski definition) is 0. The molecule has 1 aromatic carbocycles. The number of carbonyl (C=O) groups excluding carboxylic acids is 1. The summed E-state index contributed by atoms with van der Waals surface area (Å²) in [5.74, 6) is 0.977. The van der Waals surface area contributed by atoms with Gasteiger partial charge in [-0.25, -0.2) is 8.42 Å². The first-order valence-corrected chi connectivity index (χ1v) is 13.5. The number of pyridine rings is 1. The van der Waals surface area contributed by atoms with Crippen molar-refractivity contribution in [1.29, 1.82) is 0 Å². The lowest BCUT2D eigenvalue weighted by Crippen LogP contribution is -2.45. The van der Waals surface area contributed by atoms with Crippen molar-refractivity contribution in [3.8, 4) is 11.5 Å². The zero-order valence-corrected chi connectivity index (χ0v) is 20.2. The lowest BCUT2D eigenvalue weighted by atomic mass is 9.95. The predicted octanol–water partition coefficient (Wildman–Crippen LogP) is 3.40. The van der Waals surface area contributed by atoms with Crippen LogP contribution in [-0.4, -0.2) is 60.9 Å². The van der Waals surface area contributed by atoms with Crippen molar-refractivity contribution in [2.45, 2.75) is 56.0 Å². The van der Waals surface area contributed by atoms with Crippen LogP contribution in [0.2, 0.25) is 0 Å². The molecule has 3 heterocycles. The van der Waals surface area contributed by atoms with Crippen LogP contribution in [-0.2, 0) is 14.8 Å². The second-order valence-electron chi connectivity index (χ2n) is 9.24. The normalized spacial score (nSPS) is 20.4. The number of amides is 1. The molecular formula is C25H31N3O5S. The average Bonchev–Trinajstić information content (AvgIpc) is 3.72. The minimum Gasteiger partial charge on any atom is -0.490 e. The van der Waals surface area contributed by atoms with Crippen LogP contribution < -0.4 is 9.47 Å². The second kappa shape index (κ2) is 9.54. The number of ether oxygens (including phenoxy) is 2. The van der Waals surface area contributed by atoms with Gasteiger partial charge in [-0.2, -0.15) is 4.31 Å². The molecule has 1 aromatic heterocycles. The largest absolute Gasteiger partial charge is 0.490 e. The van der Waals surface area contributed by atoms with Gasteiger partial charge in [0.25, 0.3) is 0 Å². The molecule has 1 unspecified atom stereocenters. The highest BCUT2D eigenvalue weighted by atomic mass is 32.2. The molecule has 1 aliphatic carbocycles. The minimum atomic E-state index is -3.68. The maximum absolute atomic E-state index is 13.5. The van der Waals surface area contributed by atoms with E-state index >= 15 is 0 Å². The van der Waals surface area contributed by atoms with Crippen molar-refractivity contribution in [1.82, 2.24) is 14.2 Å². The molecule has 1 amide bonds. The number of rotatable bonds is 6. The van der Waals surface area contributed by atoms with E-state index < -0.39 is 10.0 Å². The summed E-state index contributed by atoms with van der Waals surface area (Å²) in [4.78, 5) is 20.2. The number of carbonyl (C=O) groups is 1. The highest BCUT2D eigenvalue weighted by Crippen LogP contribution is 2.38. The Labute approximate surface area is 200 Å². The standard InChI is InChI=1S/C25H31N3O5S/c1-18(22-5-2-3-12-26-22)28(20-6-7-20)25(29)19-10-13-27(14-11-19)34(30,31)21-8-9-23-24(17-21)33-16-4-15-32-23/h2-3,5,8-9,12,17-20H,4,6-7,10-11,13-16H2,1H3. The van der Waals surface area contributed by atoms with Crippen molar-refractivity contribution < 1.29 is 22.7 Å². The number of piperidine rings is 1. The van der Waals surface area contributed by atoms with E-state index in [4.69, 9.17) is 9.47 Å². The summed E-state index contributed by atoms with van der Waals surface area (Å²) in [6.45, 7) is 3.73. The van der Waals surface area contributed by atoms with Crippen LogP contribution in [0.5, 0.6) is 11.5 Å². The summed E-state index contributed by atoms with van der Waals surface area (Å²) in [7, 11) is -3.68. The molecule has 0 spiro atoms. The van der Waals surface area contributed by atoms with Gasteiger partial charge in [0.2, 0.25) is 15.9 Å². The zero-order chi connectivity index (χ0) is 23.7. The molecule has 0 bridgehead atoms. The Morgan fingerprint density at radius 1 is 1.06 bits per heavy atom. The minimum absolute atomic E-state index is 0.0928. The Kier molecular flexibility index (Phi) is 6.48. The molecule has 2 aromatic rings. The van der Waals surface area contributed by atoms with E-state index in [1.54, 1.807) is 24.4 Å². The summed E-state index contributed by atoms with van der Waals surface area (Å²) in [6, 6.07) is 10.7. The van der Waals surface area contributed by atoms with Crippen molar-refractivity contribution in [3.05, 3.63) is 48.3 Å². The molecule has 8 nitrogen and oxygen atoms in total. The van der Waals surface area contributed by atoms with Gasteiger partial charge in [-0.05, 0) is 56.9 Å². The fraction of sp³-hybridized carbons (Fsp3) is 0.520. The van der Waals surface area contributed by atoms with Crippen LogP contribution in [0.1, 0.15) is 50.8 Å². The molecule has 2 fully saturated rings. The SMILES string of the molecule is CC(c1ccccn1)N(C(=O)C1CCN(S(=O)(=O)c2ccc3c(c2)OCCCO3)CC1)C1CC1. The molecule has 182 valence electrons. The summed E-state index contributed by atoms with van der Waals surface area (Å²) in [5, 5.41) is 0. The second-order valence-corrected chi connectivity index (χ2v) is 11.2. The Bertz CT molecular complexity index is 1130. The molecule has 5 rings (SSSR count). The lowest BCUT2D eigenvalue weighted by Gasteiger charge is -2.36. The fourth-order valence-corrected chi connectivity index (χ4v) is 6.30. The molecular weight excluding hydrogens is 454 g/mol. The van der Waals surface area contributed by atoms with Crippen molar-refractivity contribution in [2.24, 2.45) is 5.92 Å². The van der Waals surface area contributed by atoms with Crippen LogP contribution in [0, 0.1) is 5.92 Å². The predicted molar refractivity (Wildman–Crippen MR) is 126 cm³/mol. The third kappa shape index (κ3) is 4.63. The average molecular weight is 486 g/mol. The quantitative estimate of drug-likeness (QED) is 0.623. The molecule has 1 atom stereocenters. The summed E-state index contributed by atoms with van der Waals surface area (Å²) in [5.41, 5.74) is 0.886. The van der Waals surface area contributed by atoms with Crippen molar-refractivity contribution in [2.75, 3.05) is 26.3 Å². The first-order valence-electron chi connectivity index (χ1n) is 12.1. The number of aromatic nitrogens is 1. The molecule has 2 aliphatic heterocycles. The van der Waals surface area contributed by atoms with E-state index in [0.717, 1.165) is 25.0 Å². The number of hydrogen-bond acceptors (Lipinski definition) is 6. The van der Waals surface area contributed by atoms with Crippen LogP contribution in [0.3, 0.4) is 0 Å². The highest BCUT2D eigenvalue weighted by molar-refractivity contribution is 7.89. The number of fused-ring (bicyclic) bond motifs is 1. The molecule has 1 saturated heterocycles. The van der Waals surface area contributed by atoms with Gasteiger partial charge in [0.1, 0.15) is 0 Å². The first-order chi connectivity index (χ1) is 16.4. The number of benzene rings is 1. The van der Waals surface area contributed by atoms with Crippen LogP contribution >= 0.6 is 0 Å². The summed E-state index contributed by atoms with van der Waals surface area (Å²) >= 11 is 0. The Balaban J connectivity index is 1.26. The van der Waals surface area contributed by atoms with Crippen LogP contribution in [0.25, 0.3) is 0 Å². The van der Waals surface area contributed by atoms with E-state index in [1.165, 1.54) is 4.31 Å². The van der Waals surface area contributed by atoms with Gasteiger partial charge in [-0.15, -0.1) is 0 Å². The first kappa shape index (κ1) is 23.1. The van der Waals surface area contributed by atoms with E-state index in [2.05, 4.69) is 4.98 Å². The molecule has 0 radical (unpaired) electrons. The van der Waals surface area contributed by atoms with Gasteiger partial charge < -0.3 is 14.4 Å². The molecule has 9 heteroatoms. The fourth-order valence-electron chi connectivity index (χ4n) is 4.81. The lowest BCUT2D eigenvalue weighted by molar-refractivity contribution is -0.139. The van der Waals surface area contributed by atoms with Crippen LogP contribution in [0.15, 0.2) is 47.5 Å². The Morgan fingerprint density at radius 3 is 2.47 bits per heavy atom. The highest BCUT2D eigenvalue weighted by Gasteiger charge is 2.41. The van der Waals surface area contributed by atoms with E-state index in [1.807, 2.05) is 30.0 Å². The van der Waals surface area contributed by atoms with E-state index in [9.17, 15) is 13.2 Å². The van der Waals surface area contributed by atoms with Gasteiger partial charge in [-0.3, -0.25) is 9.78 Å². The van der Waals surface area contributed by atoms with Crippen molar-refractivity contribution >= 4 is 15.9 Å². The van der Waals surface area contributed by atoms with Gasteiger partial charge in [0, 0.05) is 43.7 Å². The molecule has 0 N–H and O–H groups in total.